The number of carbonyl (C=O) groups excluding carboxylic acids is 2. The molecule has 0 aromatic heterocycles. The fourth-order valence-corrected chi connectivity index (χ4v) is 2.71. The van der Waals surface area contributed by atoms with Crippen molar-refractivity contribution in [3.63, 3.8) is 0 Å². The third kappa shape index (κ3) is 19.0. The molecule has 0 aliphatic carbocycles. The normalized spacial score (nSPS) is 12.4. The smallest absolute Gasteiger partial charge is 0.302 e. The first-order valence-corrected chi connectivity index (χ1v) is 10.1. The first-order chi connectivity index (χ1) is 12.1. The quantitative estimate of drug-likeness (QED) is 0.223. The van der Waals surface area contributed by atoms with Crippen LogP contribution >= 0.6 is 0 Å². The maximum absolute atomic E-state index is 11.6. The Kier molecular flexibility index (Phi) is 16.8. The molecule has 0 aliphatic heterocycles. The van der Waals surface area contributed by atoms with Crippen LogP contribution in [0, 0.1) is 0 Å². The van der Waals surface area contributed by atoms with Crippen molar-refractivity contribution in [2.24, 2.45) is 0 Å². The number of unbranched alkanes of at least 4 members (excludes halogenated alkanes) is 11. The number of esters is 1. The Morgan fingerprint density at radius 2 is 1.44 bits per heavy atom. The SMILES string of the molecule is CCCCCCCCCCCCC/C=C/C(=O)C[C@@H](O)COC(C)=O. The molecule has 0 aromatic rings. The molecule has 0 aromatic carbocycles. The van der Waals surface area contributed by atoms with E-state index in [1.807, 2.05) is 6.08 Å². The fraction of sp³-hybridized carbons (Fsp3) is 0.810. The summed E-state index contributed by atoms with van der Waals surface area (Å²) in [5.41, 5.74) is 0. The van der Waals surface area contributed by atoms with E-state index in [0.29, 0.717) is 0 Å². The number of ether oxygens (including phenoxy) is 1. The van der Waals surface area contributed by atoms with Crippen LogP contribution in [-0.2, 0) is 14.3 Å². The lowest BCUT2D eigenvalue weighted by atomic mass is 10.1. The van der Waals surface area contributed by atoms with Crippen LogP contribution in [0.5, 0.6) is 0 Å². The van der Waals surface area contributed by atoms with E-state index in [9.17, 15) is 14.7 Å². The standard InChI is InChI=1S/C21H38O4/c1-3-4-5-6-7-8-9-10-11-12-13-14-15-16-20(23)17-21(24)18-25-19(2)22/h15-16,21,24H,3-14,17-18H2,1-2H3/b16-15+/t21-/m1/s1. The summed E-state index contributed by atoms with van der Waals surface area (Å²) in [4.78, 5) is 22.2. The molecule has 0 amide bonds. The highest BCUT2D eigenvalue weighted by Crippen LogP contribution is 2.12. The number of allylic oxidation sites excluding steroid dienone is 2. The van der Waals surface area contributed by atoms with E-state index in [0.717, 1.165) is 12.8 Å². The number of carbonyl (C=O) groups is 2. The number of aliphatic hydroxyl groups is 1. The zero-order valence-corrected chi connectivity index (χ0v) is 16.3. The van der Waals surface area contributed by atoms with Crippen molar-refractivity contribution >= 4 is 11.8 Å². The molecule has 1 atom stereocenters. The molecular weight excluding hydrogens is 316 g/mol. The molecule has 0 rings (SSSR count). The van der Waals surface area contributed by atoms with Gasteiger partial charge in [0, 0.05) is 13.3 Å². The van der Waals surface area contributed by atoms with Crippen LogP contribution in [-0.4, -0.2) is 29.6 Å². The largest absolute Gasteiger partial charge is 0.463 e. The molecule has 25 heavy (non-hydrogen) atoms. The van der Waals surface area contributed by atoms with Gasteiger partial charge in [-0.2, -0.15) is 0 Å². The van der Waals surface area contributed by atoms with E-state index in [1.54, 1.807) is 0 Å². The summed E-state index contributed by atoms with van der Waals surface area (Å²) in [6.45, 7) is 3.41. The summed E-state index contributed by atoms with van der Waals surface area (Å²) in [7, 11) is 0. The number of rotatable bonds is 17. The topological polar surface area (TPSA) is 63.6 Å². The molecule has 0 spiro atoms. The lowest BCUT2D eigenvalue weighted by Crippen LogP contribution is -2.20. The predicted molar refractivity (Wildman–Crippen MR) is 102 cm³/mol. The summed E-state index contributed by atoms with van der Waals surface area (Å²) >= 11 is 0. The molecule has 146 valence electrons. The molecule has 0 unspecified atom stereocenters. The summed E-state index contributed by atoms with van der Waals surface area (Å²) in [5.74, 6) is -0.568. The van der Waals surface area contributed by atoms with Crippen molar-refractivity contribution in [3.05, 3.63) is 12.2 Å². The molecule has 0 fully saturated rings. The van der Waals surface area contributed by atoms with Crippen LogP contribution in [0.3, 0.4) is 0 Å². The molecule has 0 saturated heterocycles. The van der Waals surface area contributed by atoms with E-state index in [1.165, 1.54) is 77.2 Å². The highest BCUT2D eigenvalue weighted by molar-refractivity contribution is 5.89. The van der Waals surface area contributed by atoms with Gasteiger partial charge in [-0.05, 0) is 18.9 Å². The van der Waals surface area contributed by atoms with Gasteiger partial charge in [-0.25, -0.2) is 0 Å². The first-order valence-electron chi connectivity index (χ1n) is 10.1. The van der Waals surface area contributed by atoms with E-state index in [-0.39, 0.29) is 18.8 Å². The summed E-state index contributed by atoms with van der Waals surface area (Å²) < 4.78 is 4.66. The van der Waals surface area contributed by atoms with Crippen LogP contribution in [0.15, 0.2) is 12.2 Å². The number of hydrogen-bond acceptors (Lipinski definition) is 4. The number of hydrogen-bond donors (Lipinski definition) is 1. The van der Waals surface area contributed by atoms with Gasteiger partial charge in [-0.3, -0.25) is 9.59 Å². The van der Waals surface area contributed by atoms with Crippen LogP contribution in [0.25, 0.3) is 0 Å². The van der Waals surface area contributed by atoms with E-state index < -0.39 is 12.1 Å². The van der Waals surface area contributed by atoms with Crippen LogP contribution in [0.2, 0.25) is 0 Å². The first kappa shape index (κ1) is 23.8. The van der Waals surface area contributed by atoms with Crippen molar-refractivity contribution in [3.8, 4) is 0 Å². The Bertz CT molecular complexity index is 363. The molecule has 0 bridgehead atoms. The molecule has 4 heteroatoms. The van der Waals surface area contributed by atoms with Crippen molar-refractivity contribution in [1.82, 2.24) is 0 Å². The van der Waals surface area contributed by atoms with Gasteiger partial charge in [-0.15, -0.1) is 0 Å². The summed E-state index contributed by atoms with van der Waals surface area (Å²) in [5, 5.41) is 9.54. The molecular formula is C21H38O4. The monoisotopic (exact) mass is 354 g/mol. The van der Waals surface area contributed by atoms with Gasteiger partial charge < -0.3 is 9.84 Å². The molecule has 0 saturated carbocycles. The fourth-order valence-electron chi connectivity index (χ4n) is 2.71. The Morgan fingerprint density at radius 1 is 0.920 bits per heavy atom. The summed E-state index contributed by atoms with van der Waals surface area (Å²) in [6, 6.07) is 0. The van der Waals surface area contributed by atoms with Crippen LogP contribution in [0.4, 0.5) is 0 Å². The highest BCUT2D eigenvalue weighted by atomic mass is 16.5. The van der Waals surface area contributed by atoms with E-state index in [4.69, 9.17) is 0 Å². The average Bonchev–Trinajstić information content (AvgIpc) is 2.57. The van der Waals surface area contributed by atoms with Crippen LogP contribution in [0.1, 0.15) is 97.3 Å². The third-order valence-corrected chi connectivity index (χ3v) is 4.19. The van der Waals surface area contributed by atoms with Gasteiger partial charge in [0.2, 0.25) is 0 Å². The minimum atomic E-state index is -0.914. The molecule has 0 heterocycles. The molecule has 4 nitrogen and oxygen atoms in total. The Balaban J connectivity index is 3.39. The average molecular weight is 355 g/mol. The minimum Gasteiger partial charge on any atom is -0.463 e. The van der Waals surface area contributed by atoms with Crippen LogP contribution < -0.4 is 0 Å². The third-order valence-electron chi connectivity index (χ3n) is 4.19. The molecule has 1 N–H and O–H groups in total. The lowest BCUT2D eigenvalue weighted by molar-refractivity contribution is -0.144. The zero-order chi connectivity index (χ0) is 18.8. The second kappa shape index (κ2) is 17.7. The van der Waals surface area contributed by atoms with Crippen molar-refractivity contribution in [2.45, 2.75) is 103 Å². The lowest BCUT2D eigenvalue weighted by Gasteiger charge is -2.07. The second-order valence-electron chi connectivity index (χ2n) is 6.85. The highest BCUT2D eigenvalue weighted by Gasteiger charge is 2.09. The van der Waals surface area contributed by atoms with Crippen molar-refractivity contribution in [1.29, 1.82) is 0 Å². The maximum atomic E-state index is 11.6. The zero-order valence-electron chi connectivity index (χ0n) is 16.3. The minimum absolute atomic E-state index is 0.00202. The Hall–Kier alpha value is -1.16. The molecule has 0 radical (unpaired) electrons. The number of ketones is 1. The Labute approximate surface area is 154 Å². The van der Waals surface area contributed by atoms with Crippen molar-refractivity contribution in [2.75, 3.05) is 6.61 Å². The predicted octanol–water partition coefficient (Wildman–Crippen LogP) is 5.13. The molecule has 0 aliphatic rings. The number of aliphatic hydroxyl groups excluding tert-OH is 1. The van der Waals surface area contributed by atoms with Gasteiger partial charge >= 0.3 is 5.97 Å². The van der Waals surface area contributed by atoms with Gasteiger partial charge in [0.05, 0.1) is 6.10 Å². The maximum Gasteiger partial charge on any atom is 0.302 e. The van der Waals surface area contributed by atoms with Crippen molar-refractivity contribution < 1.29 is 19.4 Å². The Morgan fingerprint density at radius 3 is 1.96 bits per heavy atom. The van der Waals surface area contributed by atoms with Gasteiger partial charge in [0.25, 0.3) is 0 Å². The van der Waals surface area contributed by atoms with Gasteiger partial charge in [0.1, 0.15) is 6.61 Å². The van der Waals surface area contributed by atoms with Gasteiger partial charge in [0.15, 0.2) is 5.78 Å². The van der Waals surface area contributed by atoms with E-state index in [2.05, 4.69) is 11.7 Å². The van der Waals surface area contributed by atoms with E-state index >= 15 is 0 Å². The second-order valence-corrected chi connectivity index (χ2v) is 6.85. The summed E-state index contributed by atoms with van der Waals surface area (Å²) in [6.07, 6.45) is 17.9. The van der Waals surface area contributed by atoms with Gasteiger partial charge in [-0.1, -0.05) is 77.2 Å².